The van der Waals surface area contributed by atoms with Crippen LogP contribution in [0.1, 0.15) is 27.9 Å². The number of rotatable bonds is 6. The number of amides is 1. The van der Waals surface area contributed by atoms with Crippen molar-refractivity contribution >= 4 is 5.91 Å². The lowest BCUT2D eigenvalue weighted by Gasteiger charge is -2.18. The molecule has 1 atom stereocenters. The average molecular weight is 357 g/mol. The minimum Gasteiger partial charge on any atom is -0.349 e. The van der Waals surface area contributed by atoms with E-state index in [1.165, 1.54) is 0 Å². The fraction of sp³-hybridized carbons (Fsp3) is 0.0952. The molecule has 3 N–H and O–H groups in total. The van der Waals surface area contributed by atoms with Crippen LogP contribution in [0.5, 0.6) is 0 Å². The van der Waals surface area contributed by atoms with Gasteiger partial charge in [-0.05, 0) is 11.6 Å². The fourth-order valence-electron chi connectivity index (χ4n) is 2.97. The van der Waals surface area contributed by atoms with Gasteiger partial charge in [-0.1, -0.05) is 60.7 Å². The molecule has 0 aliphatic heterocycles. The first-order chi connectivity index (χ1) is 13.3. The van der Waals surface area contributed by atoms with Crippen LogP contribution in [0, 0.1) is 0 Å². The number of nitrogens with zero attached hydrogens (tertiary/aromatic N) is 2. The maximum atomic E-state index is 12.8. The highest BCUT2D eigenvalue weighted by atomic mass is 16.2. The van der Waals surface area contributed by atoms with Crippen molar-refractivity contribution in [3.8, 4) is 11.3 Å². The van der Waals surface area contributed by atoms with Gasteiger partial charge in [0.05, 0.1) is 11.7 Å². The Morgan fingerprint density at radius 2 is 1.78 bits per heavy atom. The zero-order chi connectivity index (χ0) is 18.5. The van der Waals surface area contributed by atoms with Gasteiger partial charge in [0.2, 0.25) is 0 Å². The van der Waals surface area contributed by atoms with E-state index in [0.29, 0.717) is 12.1 Å². The summed E-state index contributed by atoms with van der Waals surface area (Å²) in [6.45, 7) is 0. The third-order valence-corrected chi connectivity index (χ3v) is 4.35. The van der Waals surface area contributed by atoms with E-state index in [1.807, 2.05) is 60.7 Å². The Morgan fingerprint density at radius 1 is 1.04 bits per heavy atom. The van der Waals surface area contributed by atoms with Crippen molar-refractivity contribution in [2.75, 3.05) is 0 Å². The van der Waals surface area contributed by atoms with Crippen LogP contribution in [0.15, 0.2) is 79.1 Å². The Kier molecular flexibility index (Phi) is 4.78. The number of benzene rings is 2. The molecule has 6 heteroatoms. The molecule has 0 aliphatic rings. The lowest BCUT2D eigenvalue weighted by atomic mass is 10.0. The first kappa shape index (κ1) is 16.8. The Labute approximate surface area is 156 Å². The summed E-state index contributed by atoms with van der Waals surface area (Å²) in [6.07, 6.45) is 4.06. The van der Waals surface area contributed by atoms with E-state index in [0.717, 1.165) is 22.6 Å². The second kappa shape index (κ2) is 7.70. The third-order valence-electron chi connectivity index (χ3n) is 4.35. The summed E-state index contributed by atoms with van der Waals surface area (Å²) in [5.74, 6) is 0.615. The molecule has 4 rings (SSSR count). The summed E-state index contributed by atoms with van der Waals surface area (Å²) >= 11 is 0. The smallest absolute Gasteiger partial charge is 0.269 e. The van der Waals surface area contributed by atoms with E-state index in [1.54, 1.807) is 18.5 Å². The average Bonchev–Trinajstić information content (AvgIpc) is 3.41. The molecule has 0 spiro atoms. The van der Waals surface area contributed by atoms with E-state index >= 15 is 0 Å². The monoisotopic (exact) mass is 357 g/mol. The molecule has 0 fully saturated rings. The van der Waals surface area contributed by atoms with Crippen molar-refractivity contribution in [2.45, 2.75) is 12.5 Å². The third kappa shape index (κ3) is 3.95. The number of aromatic amines is 2. The van der Waals surface area contributed by atoms with Crippen LogP contribution in [0.2, 0.25) is 0 Å². The van der Waals surface area contributed by atoms with Gasteiger partial charge in [0.25, 0.3) is 5.91 Å². The molecule has 0 radical (unpaired) electrons. The lowest BCUT2D eigenvalue weighted by Crippen LogP contribution is -2.30. The maximum Gasteiger partial charge on any atom is 0.269 e. The van der Waals surface area contributed by atoms with E-state index in [-0.39, 0.29) is 11.9 Å². The molecule has 2 aromatic heterocycles. The summed E-state index contributed by atoms with van der Waals surface area (Å²) < 4.78 is 0. The Bertz CT molecular complexity index is 994. The molecule has 6 nitrogen and oxygen atoms in total. The Morgan fingerprint density at radius 3 is 2.48 bits per heavy atom. The molecule has 4 aromatic rings. The molecule has 1 amide bonds. The standard InChI is InChI=1S/C21H19N5O/c27-21(19-13-18(25-26-19)16-9-5-2-6-10-16)24-17(14-20-22-11-12-23-20)15-7-3-1-4-8-15/h1-13,17H,14H2,(H,22,23)(H,24,27)(H,25,26). The molecule has 0 aliphatic carbocycles. The van der Waals surface area contributed by atoms with Gasteiger partial charge >= 0.3 is 0 Å². The number of aromatic nitrogens is 4. The summed E-state index contributed by atoms with van der Waals surface area (Å²) in [5.41, 5.74) is 3.14. The van der Waals surface area contributed by atoms with Crippen molar-refractivity contribution in [1.82, 2.24) is 25.5 Å². The predicted molar refractivity (Wildman–Crippen MR) is 103 cm³/mol. The summed E-state index contributed by atoms with van der Waals surface area (Å²) in [4.78, 5) is 20.2. The quantitative estimate of drug-likeness (QED) is 0.493. The summed E-state index contributed by atoms with van der Waals surface area (Å²) in [5, 5.41) is 10.2. The number of nitrogens with one attached hydrogen (secondary N) is 3. The van der Waals surface area contributed by atoms with E-state index in [2.05, 4.69) is 25.5 Å². The number of carbonyl (C=O) groups excluding carboxylic acids is 1. The first-order valence-corrected chi connectivity index (χ1v) is 8.74. The van der Waals surface area contributed by atoms with Crippen molar-refractivity contribution in [3.63, 3.8) is 0 Å². The molecule has 0 saturated heterocycles. The Balaban J connectivity index is 1.54. The van der Waals surface area contributed by atoms with Gasteiger partial charge in [0.15, 0.2) is 0 Å². The molecule has 134 valence electrons. The molecular weight excluding hydrogens is 338 g/mol. The summed E-state index contributed by atoms with van der Waals surface area (Å²) in [6, 6.07) is 21.2. The topological polar surface area (TPSA) is 86.5 Å². The number of H-pyrrole nitrogens is 2. The minimum atomic E-state index is -0.204. The van der Waals surface area contributed by atoms with Crippen molar-refractivity contribution < 1.29 is 4.79 Å². The van der Waals surface area contributed by atoms with Gasteiger partial charge in [-0.15, -0.1) is 0 Å². The number of carbonyl (C=O) groups is 1. The van der Waals surface area contributed by atoms with Gasteiger partial charge < -0.3 is 10.3 Å². The number of imidazole rings is 1. The highest BCUT2D eigenvalue weighted by Crippen LogP contribution is 2.19. The van der Waals surface area contributed by atoms with Gasteiger partial charge in [0, 0.05) is 24.4 Å². The van der Waals surface area contributed by atoms with Gasteiger partial charge in [0.1, 0.15) is 11.5 Å². The molecule has 2 heterocycles. The highest BCUT2D eigenvalue weighted by molar-refractivity contribution is 5.93. The molecule has 1 unspecified atom stereocenters. The van der Waals surface area contributed by atoms with Crippen LogP contribution < -0.4 is 5.32 Å². The zero-order valence-corrected chi connectivity index (χ0v) is 14.6. The molecule has 0 saturated carbocycles. The zero-order valence-electron chi connectivity index (χ0n) is 14.6. The van der Waals surface area contributed by atoms with Crippen molar-refractivity contribution in [2.24, 2.45) is 0 Å². The van der Waals surface area contributed by atoms with Crippen LogP contribution >= 0.6 is 0 Å². The van der Waals surface area contributed by atoms with Crippen LogP contribution in [0.25, 0.3) is 11.3 Å². The molecular formula is C21H19N5O. The predicted octanol–water partition coefficient (Wildman–Crippen LogP) is 3.51. The van der Waals surface area contributed by atoms with Crippen LogP contribution in [-0.4, -0.2) is 26.1 Å². The Hall–Kier alpha value is -3.67. The normalized spacial score (nSPS) is 11.9. The van der Waals surface area contributed by atoms with Crippen LogP contribution in [-0.2, 0) is 6.42 Å². The first-order valence-electron chi connectivity index (χ1n) is 8.74. The highest BCUT2D eigenvalue weighted by Gasteiger charge is 2.19. The van der Waals surface area contributed by atoms with Gasteiger partial charge in [-0.25, -0.2) is 4.98 Å². The van der Waals surface area contributed by atoms with Crippen molar-refractivity contribution in [1.29, 1.82) is 0 Å². The minimum absolute atomic E-state index is 0.201. The summed E-state index contributed by atoms with van der Waals surface area (Å²) in [7, 11) is 0. The van der Waals surface area contributed by atoms with Crippen LogP contribution in [0.4, 0.5) is 0 Å². The number of hydrogen-bond acceptors (Lipinski definition) is 3. The fourth-order valence-corrected chi connectivity index (χ4v) is 2.97. The van der Waals surface area contributed by atoms with Gasteiger partial charge in [-0.2, -0.15) is 5.10 Å². The van der Waals surface area contributed by atoms with E-state index in [4.69, 9.17) is 0 Å². The molecule has 0 bridgehead atoms. The van der Waals surface area contributed by atoms with E-state index in [9.17, 15) is 4.79 Å². The van der Waals surface area contributed by atoms with E-state index < -0.39 is 0 Å². The largest absolute Gasteiger partial charge is 0.349 e. The second-order valence-electron chi connectivity index (χ2n) is 6.21. The second-order valence-corrected chi connectivity index (χ2v) is 6.21. The lowest BCUT2D eigenvalue weighted by molar-refractivity contribution is 0.0931. The number of hydrogen-bond donors (Lipinski definition) is 3. The van der Waals surface area contributed by atoms with Gasteiger partial charge in [-0.3, -0.25) is 9.89 Å². The SMILES string of the molecule is O=C(NC(Cc1ncc[nH]1)c1ccccc1)c1cc(-c2ccccc2)n[nH]1. The molecule has 27 heavy (non-hydrogen) atoms. The maximum absolute atomic E-state index is 12.8. The molecule has 2 aromatic carbocycles. The van der Waals surface area contributed by atoms with Crippen molar-refractivity contribution in [3.05, 3.63) is 96.2 Å². The van der Waals surface area contributed by atoms with Crippen LogP contribution in [0.3, 0.4) is 0 Å².